The van der Waals surface area contributed by atoms with Gasteiger partial charge in [-0.25, -0.2) is 4.39 Å². The Morgan fingerprint density at radius 2 is 1.62 bits per heavy atom. The lowest BCUT2D eigenvalue weighted by molar-refractivity contribution is -0.118. The molecule has 6 nitrogen and oxygen atoms in total. The molecule has 0 atom stereocenters. The van der Waals surface area contributed by atoms with Gasteiger partial charge < -0.3 is 14.4 Å². The monoisotopic (exact) mass is 463 g/mol. The van der Waals surface area contributed by atoms with Gasteiger partial charge >= 0.3 is 0 Å². The fraction of sp³-hybridized carbons (Fsp3) is 0.333. The van der Waals surface area contributed by atoms with Crippen LogP contribution in [0.5, 0.6) is 11.5 Å². The number of nitrogens with zero attached hydrogens (tertiary/aromatic N) is 3. The van der Waals surface area contributed by atoms with Crippen molar-refractivity contribution in [2.45, 2.75) is 32.5 Å². The molecule has 2 aliphatic rings. The maximum Gasteiger partial charge on any atom is 0.210 e. The highest BCUT2D eigenvalue weighted by atomic mass is 19.1. The first kappa shape index (κ1) is 23.7. The molecule has 3 heterocycles. The summed E-state index contributed by atoms with van der Waals surface area (Å²) in [4.78, 5) is 18.8. The van der Waals surface area contributed by atoms with E-state index in [1.807, 2.05) is 12.1 Å². The van der Waals surface area contributed by atoms with Crippen molar-refractivity contribution in [3.8, 4) is 11.5 Å². The second-order valence-corrected chi connectivity index (χ2v) is 8.46. The van der Waals surface area contributed by atoms with Gasteiger partial charge in [0.25, 0.3) is 0 Å². The predicted molar refractivity (Wildman–Crippen MR) is 128 cm³/mol. The highest BCUT2D eigenvalue weighted by Gasteiger charge is 2.19. The van der Waals surface area contributed by atoms with Gasteiger partial charge in [0.15, 0.2) is 11.5 Å². The van der Waals surface area contributed by atoms with Crippen LogP contribution < -0.4 is 9.47 Å². The van der Waals surface area contributed by atoms with Gasteiger partial charge in [0, 0.05) is 38.9 Å². The van der Waals surface area contributed by atoms with Crippen LogP contribution in [0.1, 0.15) is 27.9 Å². The zero-order valence-electron chi connectivity index (χ0n) is 19.7. The summed E-state index contributed by atoms with van der Waals surface area (Å²) >= 11 is 0. The van der Waals surface area contributed by atoms with Crippen LogP contribution in [-0.2, 0) is 37.3 Å². The molecule has 0 unspecified atom stereocenters. The van der Waals surface area contributed by atoms with Gasteiger partial charge in [0.1, 0.15) is 5.82 Å². The van der Waals surface area contributed by atoms with E-state index in [1.165, 1.54) is 22.8 Å². The number of pyridine rings is 1. The average molecular weight is 464 g/mol. The van der Waals surface area contributed by atoms with Crippen LogP contribution in [0.15, 0.2) is 54.7 Å². The van der Waals surface area contributed by atoms with Gasteiger partial charge in [-0.1, -0.05) is 24.3 Å². The molecule has 5 rings (SSSR count). The summed E-state index contributed by atoms with van der Waals surface area (Å²) in [6.45, 7) is 3.85. The molecule has 0 aliphatic carbocycles. The number of benzene rings is 2. The van der Waals surface area contributed by atoms with Gasteiger partial charge in [0.05, 0.1) is 19.9 Å². The van der Waals surface area contributed by atoms with Gasteiger partial charge in [-0.3, -0.25) is 14.7 Å². The molecule has 1 amide bonds. The summed E-state index contributed by atoms with van der Waals surface area (Å²) in [6, 6.07) is 15.5. The van der Waals surface area contributed by atoms with Gasteiger partial charge in [-0.15, -0.1) is 0 Å². The van der Waals surface area contributed by atoms with Crippen LogP contribution in [-0.4, -0.2) is 48.5 Å². The maximum atomic E-state index is 13.6. The summed E-state index contributed by atoms with van der Waals surface area (Å²) in [5.41, 5.74) is 5.67. The number of rotatable bonds is 5. The number of halogens is 1. The fourth-order valence-electron chi connectivity index (χ4n) is 4.43. The Morgan fingerprint density at radius 3 is 2.32 bits per heavy atom. The minimum atomic E-state index is -0.212. The number of ether oxygens (including phenoxy) is 2. The van der Waals surface area contributed by atoms with Crippen LogP contribution in [0.3, 0.4) is 0 Å². The quantitative estimate of drug-likeness (QED) is 0.536. The van der Waals surface area contributed by atoms with E-state index in [1.54, 1.807) is 31.4 Å². The first-order valence-corrected chi connectivity index (χ1v) is 11.4. The number of amides is 1. The normalized spacial score (nSPS) is 14.9. The fourth-order valence-corrected chi connectivity index (χ4v) is 4.43. The number of carbonyl (C=O) groups excluding carboxylic acids is 1. The third-order valence-electron chi connectivity index (χ3n) is 6.31. The Balaban J connectivity index is 0.000000162. The second-order valence-electron chi connectivity index (χ2n) is 8.46. The molecule has 0 bridgehead atoms. The lowest BCUT2D eigenvalue weighted by atomic mass is 9.99. The van der Waals surface area contributed by atoms with Crippen LogP contribution in [0.25, 0.3) is 0 Å². The van der Waals surface area contributed by atoms with Crippen molar-refractivity contribution in [3.05, 3.63) is 88.5 Å². The minimum absolute atomic E-state index is 0.212. The summed E-state index contributed by atoms with van der Waals surface area (Å²) in [5.74, 6) is 1.26. The van der Waals surface area contributed by atoms with Crippen LogP contribution in [0.2, 0.25) is 0 Å². The first-order chi connectivity index (χ1) is 16.6. The van der Waals surface area contributed by atoms with E-state index in [2.05, 4.69) is 34.1 Å². The van der Waals surface area contributed by atoms with E-state index in [0.29, 0.717) is 24.5 Å². The number of hydrogen-bond donors (Lipinski definition) is 0. The summed E-state index contributed by atoms with van der Waals surface area (Å²) in [6.07, 6.45) is 4.44. The van der Waals surface area contributed by atoms with E-state index in [9.17, 15) is 9.18 Å². The Labute approximate surface area is 199 Å². The van der Waals surface area contributed by atoms with Crippen LogP contribution in [0, 0.1) is 5.82 Å². The molecule has 2 aliphatic heterocycles. The predicted octanol–water partition coefficient (Wildman–Crippen LogP) is 4.00. The molecular formula is C27H30FN3O3. The van der Waals surface area contributed by atoms with Crippen molar-refractivity contribution in [3.63, 3.8) is 0 Å². The largest absolute Gasteiger partial charge is 0.493 e. The molecular weight excluding hydrogens is 433 g/mol. The van der Waals surface area contributed by atoms with Crippen molar-refractivity contribution in [2.75, 3.05) is 27.3 Å². The van der Waals surface area contributed by atoms with Crippen molar-refractivity contribution in [2.24, 2.45) is 0 Å². The molecule has 0 N–H and O–H groups in total. The summed E-state index contributed by atoms with van der Waals surface area (Å²) < 4.78 is 24.0. The molecule has 2 aromatic carbocycles. The van der Waals surface area contributed by atoms with Crippen molar-refractivity contribution in [1.29, 1.82) is 0 Å². The van der Waals surface area contributed by atoms with E-state index < -0.39 is 0 Å². The highest BCUT2D eigenvalue weighted by molar-refractivity contribution is 5.52. The molecule has 0 fully saturated rings. The topological polar surface area (TPSA) is 54.9 Å². The maximum absolute atomic E-state index is 13.6. The second kappa shape index (κ2) is 11.1. The molecule has 178 valence electrons. The molecule has 0 saturated carbocycles. The first-order valence-electron chi connectivity index (χ1n) is 11.4. The molecule has 7 heteroatoms. The lowest BCUT2D eigenvalue weighted by Crippen LogP contribution is -2.30. The van der Waals surface area contributed by atoms with Crippen molar-refractivity contribution >= 4 is 6.41 Å². The van der Waals surface area contributed by atoms with Gasteiger partial charge in [0.2, 0.25) is 6.41 Å². The van der Waals surface area contributed by atoms with E-state index in [-0.39, 0.29) is 5.82 Å². The lowest BCUT2D eigenvalue weighted by Gasteiger charge is -2.28. The number of carbonyl (C=O) groups is 1. The van der Waals surface area contributed by atoms with Crippen LogP contribution >= 0.6 is 0 Å². The van der Waals surface area contributed by atoms with E-state index >= 15 is 0 Å². The third kappa shape index (κ3) is 5.54. The zero-order valence-corrected chi connectivity index (χ0v) is 19.7. The smallest absolute Gasteiger partial charge is 0.210 e. The van der Waals surface area contributed by atoms with Crippen LogP contribution in [0.4, 0.5) is 4.39 Å². The number of aromatic nitrogens is 1. The van der Waals surface area contributed by atoms with Crippen molar-refractivity contribution < 1.29 is 18.7 Å². The average Bonchev–Trinajstić information content (AvgIpc) is 2.89. The Bertz CT molecular complexity index is 1140. The third-order valence-corrected chi connectivity index (χ3v) is 6.31. The number of fused-ring (bicyclic) bond motifs is 2. The molecule has 3 aromatic rings. The van der Waals surface area contributed by atoms with E-state index in [0.717, 1.165) is 50.2 Å². The molecule has 0 radical (unpaired) electrons. The van der Waals surface area contributed by atoms with Gasteiger partial charge in [-0.2, -0.15) is 0 Å². The molecule has 1 aromatic heterocycles. The Kier molecular flexibility index (Phi) is 7.75. The van der Waals surface area contributed by atoms with Gasteiger partial charge in [-0.05, 0) is 59.4 Å². The SMILES string of the molecule is COc1cc2c(cc1OC)CN(C=O)CC2.Fc1cccnc1CN1CCc2ccccc2C1. The standard InChI is InChI=1S/C15H15FN2.C12H15NO3/c16-14-6-3-8-17-15(14)11-18-9-7-12-4-1-2-5-13(12)10-18;1-15-11-5-9-3-4-13(8-14)7-10(9)6-12(11)16-2/h1-6,8H,7,9-11H2;5-6,8H,3-4,7H2,1-2H3. The summed E-state index contributed by atoms with van der Waals surface area (Å²) in [5, 5.41) is 0. The molecule has 34 heavy (non-hydrogen) atoms. The minimum Gasteiger partial charge on any atom is -0.493 e. The Hall–Kier alpha value is -3.45. The number of hydrogen-bond acceptors (Lipinski definition) is 5. The summed E-state index contributed by atoms with van der Waals surface area (Å²) in [7, 11) is 3.25. The van der Waals surface area contributed by atoms with Crippen molar-refractivity contribution in [1.82, 2.24) is 14.8 Å². The Morgan fingerprint density at radius 1 is 0.912 bits per heavy atom. The molecule has 0 saturated heterocycles. The molecule has 0 spiro atoms. The van der Waals surface area contributed by atoms with E-state index in [4.69, 9.17) is 9.47 Å². The highest BCUT2D eigenvalue weighted by Crippen LogP contribution is 2.32. The zero-order chi connectivity index (χ0) is 23.9. The number of methoxy groups -OCH3 is 2.